The lowest BCUT2D eigenvalue weighted by Gasteiger charge is -2.13. The van der Waals surface area contributed by atoms with Crippen molar-refractivity contribution in [3.8, 4) is 11.5 Å². The molecule has 1 aromatic carbocycles. The van der Waals surface area contributed by atoms with Crippen molar-refractivity contribution in [3.63, 3.8) is 0 Å². The molecule has 5 nitrogen and oxygen atoms in total. The first-order chi connectivity index (χ1) is 7.90. The summed E-state index contributed by atoms with van der Waals surface area (Å²) >= 11 is 0. The Morgan fingerprint density at radius 3 is 2.41 bits per heavy atom. The van der Waals surface area contributed by atoms with Crippen molar-refractivity contribution in [2.45, 2.75) is 26.9 Å². The monoisotopic (exact) mass is 238 g/mol. The van der Waals surface area contributed by atoms with E-state index in [1.807, 2.05) is 0 Å². The van der Waals surface area contributed by atoms with E-state index in [2.05, 4.69) is 0 Å². The van der Waals surface area contributed by atoms with Crippen LogP contribution < -0.4 is 9.47 Å². The predicted octanol–water partition coefficient (Wildman–Crippen LogP) is 2.10. The summed E-state index contributed by atoms with van der Waals surface area (Å²) in [5.74, 6) is -1.11. The van der Waals surface area contributed by atoms with Crippen molar-refractivity contribution < 1.29 is 24.2 Å². The van der Waals surface area contributed by atoms with Gasteiger partial charge in [0.1, 0.15) is 17.1 Å². The standard InChI is InChI=1S/C12H14O5/c1-7(2)16-11-6-9(17-8(3)13)4-5-10(11)12(14)15/h4-7H,1-3H3,(H,14,15). The summed E-state index contributed by atoms with van der Waals surface area (Å²) in [6.45, 7) is 4.84. The van der Waals surface area contributed by atoms with Crippen LogP contribution in [0.2, 0.25) is 0 Å². The minimum absolute atomic E-state index is 0.0367. The summed E-state index contributed by atoms with van der Waals surface area (Å²) in [6.07, 6.45) is -0.166. The minimum atomic E-state index is -1.09. The number of hydrogen-bond acceptors (Lipinski definition) is 4. The van der Waals surface area contributed by atoms with Crippen molar-refractivity contribution >= 4 is 11.9 Å². The SMILES string of the molecule is CC(=O)Oc1ccc(C(=O)O)c(OC(C)C)c1. The largest absolute Gasteiger partial charge is 0.490 e. The second-order valence-corrected chi connectivity index (χ2v) is 3.72. The third-order valence-electron chi connectivity index (χ3n) is 1.81. The van der Waals surface area contributed by atoms with Gasteiger partial charge in [0.05, 0.1) is 6.10 Å². The van der Waals surface area contributed by atoms with Crippen LogP contribution in [0.5, 0.6) is 11.5 Å². The highest BCUT2D eigenvalue weighted by atomic mass is 16.5. The lowest BCUT2D eigenvalue weighted by atomic mass is 10.2. The number of carbonyl (C=O) groups excluding carboxylic acids is 1. The number of rotatable bonds is 4. The fourth-order valence-corrected chi connectivity index (χ4v) is 1.26. The van der Waals surface area contributed by atoms with Crippen molar-refractivity contribution in [1.29, 1.82) is 0 Å². The fourth-order valence-electron chi connectivity index (χ4n) is 1.26. The molecule has 92 valence electrons. The van der Waals surface area contributed by atoms with Gasteiger partial charge in [-0.15, -0.1) is 0 Å². The van der Waals surface area contributed by atoms with Gasteiger partial charge >= 0.3 is 11.9 Å². The molecule has 0 atom stereocenters. The van der Waals surface area contributed by atoms with Gasteiger partial charge in [-0.05, 0) is 26.0 Å². The van der Waals surface area contributed by atoms with Gasteiger partial charge in [-0.1, -0.05) is 0 Å². The van der Waals surface area contributed by atoms with Gasteiger partial charge in [0.15, 0.2) is 0 Å². The maximum Gasteiger partial charge on any atom is 0.339 e. The van der Waals surface area contributed by atoms with Gasteiger partial charge in [0, 0.05) is 13.0 Å². The number of carboxylic acid groups (broad SMARTS) is 1. The number of hydrogen-bond donors (Lipinski definition) is 1. The van der Waals surface area contributed by atoms with Gasteiger partial charge in [-0.25, -0.2) is 4.79 Å². The quantitative estimate of drug-likeness (QED) is 0.642. The molecule has 0 radical (unpaired) electrons. The van der Waals surface area contributed by atoms with E-state index in [9.17, 15) is 9.59 Å². The third-order valence-corrected chi connectivity index (χ3v) is 1.81. The van der Waals surface area contributed by atoms with E-state index in [0.29, 0.717) is 0 Å². The van der Waals surface area contributed by atoms with Crippen LogP contribution in [0.1, 0.15) is 31.1 Å². The van der Waals surface area contributed by atoms with Crippen LogP contribution in [0.25, 0.3) is 0 Å². The topological polar surface area (TPSA) is 72.8 Å². The first kappa shape index (κ1) is 13.0. The summed E-state index contributed by atoms with van der Waals surface area (Å²) in [6, 6.07) is 4.15. The zero-order valence-corrected chi connectivity index (χ0v) is 9.89. The van der Waals surface area contributed by atoms with Crippen molar-refractivity contribution in [1.82, 2.24) is 0 Å². The van der Waals surface area contributed by atoms with E-state index >= 15 is 0 Å². The van der Waals surface area contributed by atoms with E-state index in [0.717, 1.165) is 0 Å². The number of carbonyl (C=O) groups is 2. The van der Waals surface area contributed by atoms with Crippen molar-refractivity contribution in [2.24, 2.45) is 0 Å². The van der Waals surface area contributed by atoms with Gasteiger partial charge in [-0.3, -0.25) is 4.79 Å². The third kappa shape index (κ3) is 3.79. The highest BCUT2D eigenvalue weighted by Crippen LogP contribution is 2.26. The summed E-state index contributed by atoms with van der Waals surface area (Å²) in [4.78, 5) is 21.7. The Labute approximate surface area is 99.0 Å². The molecular weight excluding hydrogens is 224 g/mol. The summed E-state index contributed by atoms with van der Waals surface area (Å²) in [7, 11) is 0. The molecule has 1 aromatic rings. The molecular formula is C12H14O5. The molecule has 0 aromatic heterocycles. The molecule has 0 saturated heterocycles. The number of benzene rings is 1. The van der Waals surface area contributed by atoms with Crippen molar-refractivity contribution in [2.75, 3.05) is 0 Å². The van der Waals surface area contributed by atoms with E-state index in [1.165, 1.54) is 25.1 Å². The van der Waals surface area contributed by atoms with E-state index < -0.39 is 11.9 Å². The van der Waals surface area contributed by atoms with Crippen LogP contribution in [-0.2, 0) is 4.79 Å². The molecule has 0 saturated carbocycles. The van der Waals surface area contributed by atoms with E-state index in [1.54, 1.807) is 13.8 Å². The Morgan fingerprint density at radius 2 is 1.94 bits per heavy atom. The summed E-state index contributed by atoms with van der Waals surface area (Å²) in [5.41, 5.74) is 0.0367. The minimum Gasteiger partial charge on any atom is -0.490 e. The molecule has 5 heteroatoms. The number of aromatic carboxylic acids is 1. The molecule has 0 amide bonds. The zero-order chi connectivity index (χ0) is 13.0. The van der Waals surface area contributed by atoms with Gasteiger partial charge in [-0.2, -0.15) is 0 Å². The zero-order valence-electron chi connectivity index (χ0n) is 9.89. The van der Waals surface area contributed by atoms with Crippen LogP contribution in [0, 0.1) is 0 Å². The van der Waals surface area contributed by atoms with Gasteiger partial charge in [0.2, 0.25) is 0 Å². The molecule has 0 bridgehead atoms. The normalized spacial score (nSPS) is 10.1. The van der Waals surface area contributed by atoms with E-state index in [-0.39, 0.29) is 23.2 Å². The lowest BCUT2D eigenvalue weighted by Crippen LogP contribution is -2.10. The Morgan fingerprint density at radius 1 is 1.29 bits per heavy atom. The average Bonchev–Trinajstić information content (AvgIpc) is 2.15. The highest BCUT2D eigenvalue weighted by molar-refractivity contribution is 5.91. The molecule has 1 N–H and O–H groups in total. The first-order valence-corrected chi connectivity index (χ1v) is 5.12. The lowest BCUT2D eigenvalue weighted by molar-refractivity contribution is -0.131. The maximum atomic E-state index is 10.9. The Balaban J connectivity index is 3.09. The molecule has 0 unspecified atom stereocenters. The van der Waals surface area contributed by atoms with Crippen LogP contribution in [-0.4, -0.2) is 23.1 Å². The second kappa shape index (κ2) is 5.34. The smallest absolute Gasteiger partial charge is 0.339 e. The highest BCUT2D eigenvalue weighted by Gasteiger charge is 2.14. The average molecular weight is 238 g/mol. The number of esters is 1. The van der Waals surface area contributed by atoms with Gasteiger partial charge < -0.3 is 14.6 Å². The Bertz CT molecular complexity index is 437. The fraction of sp³-hybridized carbons (Fsp3) is 0.333. The Kier molecular flexibility index (Phi) is 4.09. The molecule has 0 heterocycles. The summed E-state index contributed by atoms with van der Waals surface area (Å²) in [5, 5.41) is 8.96. The molecule has 17 heavy (non-hydrogen) atoms. The molecule has 0 aliphatic heterocycles. The maximum absolute atomic E-state index is 10.9. The van der Waals surface area contributed by atoms with Crippen LogP contribution in [0.15, 0.2) is 18.2 Å². The van der Waals surface area contributed by atoms with Crippen molar-refractivity contribution in [3.05, 3.63) is 23.8 Å². The van der Waals surface area contributed by atoms with E-state index in [4.69, 9.17) is 14.6 Å². The summed E-state index contributed by atoms with van der Waals surface area (Å²) < 4.78 is 10.2. The number of ether oxygens (including phenoxy) is 2. The van der Waals surface area contributed by atoms with Crippen LogP contribution >= 0.6 is 0 Å². The van der Waals surface area contributed by atoms with Crippen LogP contribution in [0.3, 0.4) is 0 Å². The molecule has 0 fully saturated rings. The molecule has 1 rings (SSSR count). The predicted molar refractivity (Wildman–Crippen MR) is 60.5 cm³/mol. The van der Waals surface area contributed by atoms with Gasteiger partial charge in [0.25, 0.3) is 0 Å². The Hall–Kier alpha value is -2.04. The molecule has 0 aliphatic carbocycles. The van der Waals surface area contributed by atoms with Crippen LogP contribution in [0.4, 0.5) is 0 Å². The molecule has 0 aliphatic rings. The number of carboxylic acids is 1. The molecule has 0 spiro atoms. The second-order valence-electron chi connectivity index (χ2n) is 3.72. The first-order valence-electron chi connectivity index (χ1n) is 5.12.